The highest BCUT2D eigenvalue weighted by Gasteiger charge is 2.33. The first-order valence-electron chi connectivity index (χ1n) is 9.47. The van der Waals surface area contributed by atoms with Gasteiger partial charge < -0.3 is 9.64 Å². The van der Waals surface area contributed by atoms with Gasteiger partial charge >= 0.3 is 0 Å². The maximum absolute atomic E-state index is 13.8. The zero-order valence-electron chi connectivity index (χ0n) is 16.7. The van der Waals surface area contributed by atoms with E-state index in [4.69, 9.17) is 4.74 Å². The van der Waals surface area contributed by atoms with Gasteiger partial charge in [0.1, 0.15) is 5.75 Å². The van der Waals surface area contributed by atoms with Crippen molar-refractivity contribution in [3.8, 4) is 17.0 Å². The number of rotatable bonds is 3. The number of nitrogens with zero attached hydrogens (tertiary/aromatic N) is 3. The molecule has 2 aromatic carbocycles. The van der Waals surface area contributed by atoms with Gasteiger partial charge in [0.2, 0.25) is 0 Å². The number of aryl methyl sites for hydroxylation is 1. The van der Waals surface area contributed by atoms with Crippen molar-refractivity contribution in [3.05, 3.63) is 70.7 Å². The van der Waals surface area contributed by atoms with E-state index in [0.29, 0.717) is 35.7 Å². The van der Waals surface area contributed by atoms with Crippen molar-refractivity contribution < 1.29 is 22.7 Å². The molecule has 1 aromatic heterocycles. The van der Waals surface area contributed by atoms with E-state index >= 15 is 0 Å². The van der Waals surface area contributed by atoms with E-state index in [1.165, 1.54) is 11.8 Å². The standard InChI is InChI=1S/C22H20F3N3O2/c1-12-20-16(7-8-28(12)22(29)13-5-4-6-15(9-13)30-3)21(27(2)26-20)14-10-17(23)19(25)18(24)11-14/h4-6,9-12H,7-8H2,1-3H3/t12-/m0/s1. The van der Waals surface area contributed by atoms with Crippen molar-refractivity contribution in [1.82, 2.24) is 14.7 Å². The van der Waals surface area contributed by atoms with Gasteiger partial charge in [0, 0.05) is 30.3 Å². The summed E-state index contributed by atoms with van der Waals surface area (Å²) in [5.74, 6) is -3.57. The Morgan fingerprint density at radius 2 is 1.87 bits per heavy atom. The van der Waals surface area contributed by atoms with Crippen molar-refractivity contribution in [2.24, 2.45) is 7.05 Å². The van der Waals surface area contributed by atoms with Crippen LogP contribution in [0.25, 0.3) is 11.3 Å². The molecule has 0 aliphatic carbocycles. The number of methoxy groups -OCH3 is 1. The van der Waals surface area contributed by atoms with Crippen LogP contribution >= 0.6 is 0 Å². The number of carbonyl (C=O) groups excluding carboxylic acids is 1. The Labute approximate surface area is 171 Å². The molecule has 1 aliphatic rings. The van der Waals surface area contributed by atoms with E-state index in [1.807, 2.05) is 6.92 Å². The first-order chi connectivity index (χ1) is 14.3. The molecule has 8 heteroatoms. The summed E-state index contributed by atoms with van der Waals surface area (Å²) in [6.07, 6.45) is 0.458. The van der Waals surface area contributed by atoms with Gasteiger partial charge in [-0.3, -0.25) is 9.48 Å². The van der Waals surface area contributed by atoms with Gasteiger partial charge in [-0.2, -0.15) is 5.10 Å². The molecule has 0 unspecified atom stereocenters. The van der Waals surface area contributed by atoms with Crippen LogP contribution in [0.15, 0.2) is 36.4 Å². The predicted molar refractivity (Wildman–Crippen MR) is 105 cm³/mol. The molecular formula is C22H20F3N3O2. The van der Waals surface area contributed by atoms with Crippen LogP contribution in [-0.2, 0) is 13.5 Å². The summed E-state index contributed by atoms with van der Waals surface area (Å²) in [5, 5.41) is 4.51. The molecule has 0 spiro atoms. The summed E-state index contributed by atoms with van der Waals surface area (Å²) in [7, 11) is 3.20. The van der Waals surface area contributed by atoms with E-state index in [1.54, 1.807) is 36.2 Å². The number of carbonyl (C=O) groups is 1. The lowest BCUT2D eigenvalue weighted by molar-refractivity contribution is 0.0673. The molecule has 0 saturated carbocycles. The third kappa shape index (κ3) is 3.22. The molecule has 0 radical (unpaired) electrons. The highest BCUT2D eigenvalue weighted by molar-refractivity contribution is 5.95. The fourth-order valence-corrected chi connectivity index (χ4v) is 4.00. The maximum Gasteiger partial charge on any atom is 0.254 e. The molecule has 2 heterocycles. The Kier molecular flexibility index (Phi) is 5.01. The third-order valence-corrected chi connectivity index (χ3v) is 5.48. The number of fused-ring (bicyclic) bond motifs is 1. The Balaban J connectivity index is 1.71. The fourth-order valence-electron chi connectivity index (χ4n) is 4.00. The number of halogens is 3. The van der Waals surface area contributed by atoms with Gasteiger partial charge in [-0.05, 0) is 43.7 Å². The zero-order chi connectivity index (χ0) is 21.6. The van der Waals surface area contributed by atoms with Crippen LogP contribution < -0.4 is 4.74 Å². The summed E-state index contributed by atoms with van der Waals surface area (Å²) in [6, 6.07) is 8.51. The minimum atomic E-state index is -1.50. The average Bonchev–Trinajstić information content (AvgIpc) is 3.08. The molecule has 0 saturated heterocycles. The van der Waals surface area contributed by atoms with Crippen molar-refractivity contribution >= 4 is 5.91 Å². The largest absolute Gasteiger partial charge is 0.497 e. The topological polar surface area (TPSA) is 47.4 Å². The third-order valence-electron chi connectivity index (χ3n) is 5.48. The SMILES string of the molecule is COc1cccc(C(=O)N2CCc3c(nn(C)c3-c3cc(F)c(F)c(F)c3)[C@@H]2C)c1. The molecule has 4 rings (SSSR count). The van der Waals surface area contributed by atoms with E-state index in [0.717, 1.165) is 17.7 Å². The lowest BCUT2D eigenvalue weighted by Gasteiger charge is -2.33. The second-order valence-corrected chi connectivity index (χ2v) is 7.25. The molecular weight excluding hydrogens is 395 g/mol. The first-order valence-corrected chi connectivity index (χ1v) is 9.47. The predicted octanol–water partition coefficient (Wildman–Crippen LogP) is 4.27. The van der Waals surface area contributed by atoms with Crippen LogP contribution in [-0.4, -0.2) is 34.2 Å². The highest BCUT2D eigenvalue weighted by Crippen LogP contribution is 2.37. The minimum Gasteiger partial charge on any atom is -0.497 e. The van der Waals surface area contributed by atoms with Gasteiger partial charge in [0.25, 0.3) is 5.91 Å². The van der Waals surface area contributed by atoms with Crippen molar-refractivity contribution in [1.29, 1.82) is 0 Å². The first kappa shape index (κ1) is 20.0. The van der Waals surface area contributed by atoms with Crippen molar-refractivity contribution in [2.75, 3.05) is 13.7 Å². The number of hydrogen-bond acceptors (Lipinski definition) is 3. The molecule has 0 N–H and O–H groups in total. The number of amides is 1. The second kappa shape index (κ2) is 7.51. The number of aromatic nitrogens is 2. The van der Waals surface area contributed by atoms with Gasteiger partial charge in [0.15, 0.2) is 17.5 Å². The maximum atomic E-state index is 13.8. The fraction of sp³-hybridized carbons (Fsp3) is 0.273. The van der Waals surface area contributed by atoms with Gasteiger partial charge in [0.05, 0.1) is 24.5 Å². The summed E-state index contributed by atoms with van der Waals surface area (Å²) < 4.78 is 47.7. The Morgan fingerprint density at radius 1 is 1.17 bits per heavy atom. The molecule has 1 aliphatic heterocycles. The quantitative estimate of drug-likeness (QED) is 0.600. The number of ether oxygens (including phenoxy) is 1. The molecule has 1 amide bonds. The molecule has 5 nitrogen and oxygen atoms in total. The lowest BCUT2D eigenvalue weighted by Crippen LogP contribution is -2.38. The zero-order valence-corrected chi connectivity index (χ0v) is 16.7. The summed E-state index contributed by atoms with van der Waals surface area (Å²) in [6.45, 7) is 2.27. The van der Waals surface area contributed by atoms with Crippen LogP contribution in [0.2, 0.25) is 0 Å². The number of benzene rings is 2. The van der Waals surface area contributed by atoms with Crippen LogP contribution in [0.3, 0.4) is 0 Å². The molecule has 0 fully saturated rings. The summed E-state index contributed by atoms with van der Waals surface area (Å²) in [4.78, 5) is 14.8. The normalized spacial score (nSPS) is 15.8. The molecule has 3 aromatic rings. The Bertz CT molecular complexity index is 1120. The van der Waals surface area contributed by atoms with Crippen LogP contribution in [0.5, 0.6) is 5.75 Å². The lowest BCUT2D eigenvalue weighted by atomic mass is 9.95. The van der Waals surface area contributed by atoms with E-state index in [-0.39, 0.29) is 17.5 Å². The molecule has 1 atom stereocenters. The smallest absolute Gasteiger partial charge is 0.254 e. The van der Waals surface area contributed by atoms with E-state index < -0.39 is 17.5 Å². The van der Waals surface area contributed by atoms with E-state index in [9.17, 15) is 18.0 Å². The van der Waals surface area contributed by atoms with Crippen LogP contribution in [0, 0.1) is 17.5 Å². The van der Waals surface area contributed by atoms with Crippen molar-refractivity contribution in [3.63, 3.8) is 0 Å². The van der Waals surface area contributed by atoms with Crippen LogP contribution in [0.1, 0.15) is 34.6 Å². The molecule has 0 bridgehead atoms. The van der Waals surface area contributed by atoms with Gasteiger partial charge in [-0.15, -0.1) is 0 Å². The Morgan fingerprint density at radius 3 is 2.53 bits per heavy atom. The minimum absolute atomic E-state index is 0.155. The molecule has 156 valence electrons. The highest BCUT2D eigenvalue weighted by atomic mass is 19.2. The summed E-state index contributed by atoms with van der Waals surface area (Å²) in [5.41, 5.74) is 2.68. The average molecular weight is 415 g/mol. The number of hydrogen-bond donors (Lipinski definition) is 0. The monoisotopic (exact) mass is 415 g/mol. The Hall–Kier alpha value is -3.29. The molecule has 30 heavy (non-hydrogen) atoms. The second-order valence-electron chi connectivity index (χ2n) is 7.25. The summed E-state index contributed by atoms with van der Waals surface area (Å²) >= 11 is 0. The van der Waals surface area contributed by atoms with Crippen molar-refractivity contribution in [2.45, 2.75) is 19.4 Å². The van der Waals surface area contributed by atoms with Gasteiger partial charge in [-0.1, -0.05) is 6.07 Å². The van der Waals surface area contributed by atoms with Crippen LogP contribution in [0.4, 0.5) is 13.2 Å². The van der Waals surface area contributed by atoms with E-state index in [2.05, 4.69) is 5.10 Å². The van der Waals surface area contributed by atoms with Gasteiger partial charge in [-0.25, -0.2) is 13.2 Å².